The first-order valence-electron chi connectivity index (χ1n) is 8.34. The number of rotatable bonds is 6. The van der Waals surface area contributed by atoms with E-state index in [9.17, 15) is 4.79 Å². The summed E-state index contributed by atoms with van der Waals surface area (Å²) in [6.07, 6.45) is 3.16. The summed E-state index contributed by atoms with van der Waals surface area (Å²) < 4.78 is 4.09. The zero-order chi connectivity index (χ0) is 20.2. The van der Waals surface area contributed by atoms with Crippen LogP contribution in [-0.2, 0) is 0 Å². The molecule has 4 aromatic rings. The number of carbonyl (C=O) groups is 1. The second kappa shape index (κ2) is 8.68. The Bertz CT molecular complexity index is 1150. The van der Waals surface area contributed by atoms with Crippen molar-refractivity contribution < 1.29 is 4.79 Å². The van der Waals surface area contributed by atoms with E-state index in [1.165, 1.54) is 29.9 Å². The molecule has 0 bridgehead atoms. The van der Waals surface area contributed by atoms with Gasteiger partial charge in [0.2, 0.25) is 5.13 Å². The molecule has 0 saturated heterocycles. The van der Waals surface area contributed by atoms with Gasteiger partial charge in [-0.3, -0.25) is 20.2 Å². The molecule has 0 aliphatic rings. The SMILES string of the molecule is Cc1nsc(NC(=O)c2nc(Sc3ncn[nH]3)ccc2Sc2cccnc2C)n1. The van der Waals surface area contributed by atoms with Crippen LogP contribution in [0.2, 0.25) is 0 Å². The van der Waals surface area contributed by atoms with Gasteiger partial charge in [-0.25, -0.2) is 15.0 Å². The van der Waals surface area contributed by atoms with Gasteiger partial charge in [0.15, 0.2) is 5.16 Å². The molecule has 4 aromatic heterocycles. The first kappa shape index (κ1) is 19.5. The Morgan fingerprint density at radius 2 is 2.00 bits per heavy atom. The predicted octanol–water partition coefficient (Wildman–Crippen LogP) is 3.62. The molecule has 0 aliphatic carbocycles. The number of aromatic nitrogens is 7. The van der Waals surface area contributed by atoms with Crippen molar-refractivity contribution in [1.82, 2.24) is 34.5 Å². The quantitative estimate of drug-likeness (QED) is 0.461. The lowest BCUT2D eigenvalue weighted by atomic mass is 10.3. The van der Waals surface area contributed by atoms with Crippen molar-refractivity contribution in [3.63, 3.8) is 0 Å². The fourth-order valence-electron chi connectivity index (χ4n) is 2.27. The molecule has 29 heavy (non-hydrogen) atoms. The predicted molar refractivity (Wildman–Crippen MR) is 110 cm³/mol. The normalized spacial score (nSPS) is 10.8. The summed E-state index contributed by atoms with van der Waals surface area (Å²) in [7, 11) is 0. The standard InChI is InChI=1S/C17H14N8OS3/c1-9-11(4-3-7-18-9)27-12-5-6-13(28-16-19-8-20-24-16)22-14(12)15(26)23-17-21-10(2)25-29-17/h3-8H,1-2H3,(H,19,20,24)(H,21,23,25,26). The third kappa shape index (κ3) is 4.78. The first-order chi connectivity index (χ1) is 14.1. The van der Waals surface area contributed by atoms with Gasteiger partial charge in [0.25, 0.3) is 5.91 Å². The molecular weight excluding hydrogens is 428 g/mol. The summed E-state index contributed by atoms with van der Waals surface area (Å²) in [5.41, 5.74) is 1.17. The zero-order valence-electron chi connectivity index (χ0n) is 15.3. The van der Waals surface area contributed by atoms with Gasteiger partial charge in [0.1, 0.15) is 22.9 Å². The van der Waals surface area contributed by atoms with Crippen molar-refractivity contribution in [2.75, 3.05) is 5.32 Å². The number of pyridine rings is 2. The highest BCUT2D eigenvalue weighted by atomic mass is 32.2. The molecule has 1 amide bonds. The van der Waals surface area contributed by atoms with Crippen molar-refractivity contribution in [2.24, 2.45) is 0 Å². The molecule has 0 saturated carbocycles. The number of hydrogen-bond donors (Lipinski definition) is 2. The van der Waals surface area contributed by atoms with Gasteiger partial charge in [-0.1, -0.05) is 11.8 Å². The molecule has 0 spiro atoms. The molecule has 146 valence electrons. The first-order valence-corrected chi connectivity index (χ1v) is 10.7. The van der Waals surface area contributed by atoms with E-state index in [4.69, 9.17) is 0 Å². The number of nitrogens with one attached hydrogen (secondary N) is 2. The van der Waals surface area contributed by atoms with Gasteiger partial charge < -0.3 is 0 Å². The molecule has 0 atom stereocenters. The third-order valence-electron chi connectivity index (χ3n) is 3.57. The molecule has 4 rings (SSSR count). The monoisotopic (exact) mass is 442 g/mol. The summed E-state index contributed by atoms with van der Waals surface area (Å²) in [5, 5.41) is 11.0. The Morgan fingerprint density at radius 3 is 2.72 bits per heavy atom. The number of carbonyl (C=O) groups excluding carboxylic acids is 1. The minimum Gasteiger partial charge on any atom is -0.295 e. The Morgan fingerprint density at radius 1 is 1.10 bits per heavy atom. The van der Waals surface area contributed by atoms with Crippen LogP contribution in [0.4, 0.5) is 5.13 Å². The van der Waals surface area contributed by atoms with Crippen LogP contribution >= 0.6 is 35.1 Å². The van der Waals surface area contributed by atoms with Gasteiger partial charge in [-0.2, -0.15) is 9.47 Å². The molecule has 0 unspecified atom stereocenters. The van der Waals surface area contributed by atoms with Crippen LogP contribution in [0, 0.1) is 13.8 Å². The highest BCUT2D eigenvalue weighted by Crippen LogP contribution is 2.33. The van der Waals surface area contributed by atoms with Gasteiger partial charge in [-0.15, -0.1) is 0 Å². The van der Waals surface area contributed by atoms with Gasteiger partial charge >= 0.3 is 0 Å². The smallest absolute Gasteiger partial charge is 0.277 e. The van der Waals surface area contributed by atoms with E-state index in [-0.39, 0.29) is 11.6 Å². The largest absolute Gasteiger partial charge is 0.295 e. The van der Waals surface area contributed by atoms with Gasteiger partial charge in [0.05, 0.1) is 5.69 Å². The fraction of sp³-hybridized carbons (Fsp3) is 0.118. The van der Waals surface area contributed by atoms with Crippen molar-refractivity contribution in [2.45, 2.75) is 33.8 Å². The molecule has 12 heteroatoms. The Kier molecular flexibility index (Phi) is 5.83. The van der Waals surface area contributed by atoms with Crippen molar-refractivity contribution >= 4 is 46.1 Å². The van der Waals surface area contributed by atoms with E-state index in [1.807, 2.05) is 31.2 Å². The molecule has 0 radical (unpaired) electrons. The maximum atomic E-state index is 13.0. The molecule has 0 aromatic carbocycles. The summed E-state index contributed by atoms with van der Waals surface area (Å²) in [6.45, 7) is 3.69. The lowest BCUT2D eigenvalue weighted by Crippen LogP contribution is -2.15. The number of amides is 1. The van der Waals surface area contributed by atoms with Crippen LogP contribution in [0.25, 0.3) is 0 Å². The van der Waals surface area contributed by atoms with E-state index in [0.717, 1.165) is 22.1 Å². The Balaban J connectivity index is 1.67. The van der Waals surface area contributed by atoms with Crippen LogP contribution in [-0.4, -0.2) is 40.4 Å². The van der Waals surface area contributed by atoms with Crippen LogP contribution < -0.4 is 5.32 Å². The minimum absolute atomic E-state index is 0.288. The summed E-state index contributed by atoms with van der Waals surface area (Å²) in [6, 6.07) is 7.52. The molecule has 2 N–H and O–H groups in total. The number of nitrogens with zero attached hydrogens (tertiary/aromatic N) is 6. The Labute approximate surface area is 178 Å². The van der Waals surface area contributed by atoms with Crippen LogP contribution in [0.15, 0.2) is 56.8 Å². The van der Waals surface area contributed by atoms with E-state index >= 15 is 0 Å². The van der Waals surface area contributed by atoms with Crippen molar-refractivity contribution in [3.05, 3.63) is 54.0 Å². The number of hydrogen-bond acceptors (Lipinski definition) is 10. The molecule has 0 aliphatic heterocycles. The van der Waals surface area contributed by atoms with Crippen LogP contribution in [0.3, 0.4) is 0 Å². The zero-order valence-corrected chi connectivity index (χ0v) is 17.7. The average Bonchev–Trinajstić information content (AvgIpc) is 3.36. The molecule has 4 heterocycles. The van der Waals surface area contributed by atoms with E-state index < -0.39 is 0 Å². The second-order valence-corrected chi connectivity index (χ2v) is 8.52. The average molecular weight is 443 g/mol. The lowest BCUT2D eigenvalue weighted by Gasteiger charge is -2.10. The number of aryl methyl sites for hydroxylation is 2. The second-order valence-electron chi connectivity index (χ2n) is 5.68. The lowest BCUT2D eigenvalue weighted by molar-refractivity contribution is 0.101. The summed E-state index contributed by atoms with van der Waals surface area (Å²) in [4.78, 5) is 31.8. The molecule has 0 fully saturated rings. The third-order valence-corrected chi connectivity index (χ3v) is 6.32. The van der Waals surface area contributed by atoms with E-state index in [0.29, 0.717) is 26.0 Å². The van der Waals surface area contributed by atoms with Crippen molar-refractivity contribution in [3.8, 4) is 0 Å². The van der Waals surface area contributed by atoms with Gasteiger partial charge in [-0.05, 0) is 49.9 Å². The highest BCUT2D eigenvalue weighted by Gasteiger charge is 2.19. The van der Waals surface area contributed by atoms with Gasteiger partial charge in [0, 0.05) is 27.5 Å². The Hall–Kier alpha value is -2.83. The number of anilines is 1. The minimum atomic E-state index is -0.356. The maximum absolute atomic E-state index is 13.0. The highest BCUT2D eigenvalue weighted by molar-refractivity contribution is 7.99. The van der Waals surface area contributed by atoms with Crippen molar-refractivity contribution in [1.29, 1.82) is 0 Å². The summed E-state index contributed by atoms with van der Waals surface area (Å²) >= 11 is 3.85. The topological polar surface area (TPSA) is 122 Å². The fourth-order valence-corrected chi connectivity index (χ4v) is 4.47. The van der Waals surface area contributed by atoms with Crippen LogP contribution in [0.1, 0.15) is 22.0 Å². The van der Waals surface area contributed by atoms with E-state index in [1.54, 1.807) is 13.1 Å². The molecule has 9 nitrogen and oxygen atoms in total. The maximum Gasteiger partial charge on any atom is 0.277 e. The molecular formula is C17H14N8OS3. The number of aromatic amines is 1. The van der Waals surface area contributed by atoms with E-state index in [2.05, 4.69) is 39.8 Å². The van der Waals surface area contributed by atoms with Crippen LogP contribution in [0.5, 0.6) is 0 Å². The number of H-pyrrole nitrogens is 1. The summed E-state index contributed by atoms with van der Waals surface area (Å²) in [5.74, 6) is 0.249.